The van der Waals surface area contributed by atoms with Crippen molar-refractivity contribution in [1.29, 1.82) is 0 Å². The van der Waals surface area contributed by atoms with E-state index in [1.165, 1.54) is 53.2 Å². The number of halogens is 1. The number of amides is 2. The fourth-order valence-corrected chi connectivity index (χ4v) is 4.06. The summed E-state index contributed by atoms with van der Waals surface area (Å²) in [5.74, 6) is -0.262. The number of benzene rings is 1. The van der Waals surface area contributed by atoms with Gasteiger partial charge in [0, 0.05) is 12.2 Å². The maximum Gasteiger partial charge on any atom is 0.279 e. The van der Waals surface area contributed by atoms with Gasteiger partial charge in [-0.1, -0.05) is 11.6 Å². The molecule has 0 bridgehead atoms. The largest absolute Gasteiger partial charge is 0.351 e. The fourth-order valence-electron chi connectivity index (χ4n) is 4.06. The number of allylic oxidation sites excluding steroid dienone is 1. The number of hydrogen-bond acceptors (Lipinski definition) is 2. The molecule has 1 saturated heterocycles. The second-order valence-electron chi connectivity index (χ2n) is 8.12. The molecule has 1 aromatic rings. The second-order valence-corrected chi connectivity index (χ2v) is 8.12. The molecule has 1 heterocycles. The number of carbonyl (C=O) groups is 2. The van der Waals surface area contributed by atoms with Gasteiger partial charge in [0.05, 0.1) is 0 Å². The van der Waals surface area contributed by atoms with Crippen molar-refractivity contribution in [2.24, 2.45) is 0 Å². The molecule has 1 aliphatic heterocycles. The third-order valence-corrected chi connectivity index (χ3v) is 5.77. The number of piperazine rings is 1. The Hall–Kier alpha value is -2.25. The Kier molecular flexibility index (Phi) is 8.19. The van der Waals surface area contributed by atoms with Crippen molar-refractivity contribution in [3.63, 3.8) is 0 Å². The quantitative estimate of drug-likeness (QED) is 0.444. The average Bonchev–Trinajstić information content (AvgIpc) is 2.72. The number of quaternary nitrogens is 2. The number of carbonyl (C=O) groups excluding carboxylic acids is 2. The van der Waals surface area contributed by atoms with Crippen LogP contribution in [0.3, 0.4) is 0 Å². The van der Waals surface area contributed by atoms with Crippen molar-refractivity contribution in [3.05, 3.63) is 41.7 Å². The first kappa shape index (κ1) is 21.5. The van der Waals surface area contributed by atoms with Crippen LogP contribution in [-0.2, 0) is 9.59 Å². The smallest absolute Gasteiger partial charge is 0.279 e. The third-order valence-electron chi connectivity index (χ3n) is 5.77. The highest BCUT2D eigenvalue weighted by atomic mass is 19.1. The minimum Gasteiger partial charge on any atom is -0.351 e. The zero-order chi connectivity index (χ0) is 20.5. The van der Waals surface area contributed by atoms with Gasteiger partial charge < -0.3 is 20.4 Å². The van der Waals surface area contributed by atoms with E-state index in [-0.39, 0.29) is 17.6 Å². The Labute approximate surface area is 172 Å². The zero-order valence-electron chi connectivity index (χ0n) is 17.1. The predicted molar refractivity (Wildman–Crippen MR) is 110 cm³/mol. The van der Waals surface area contributed by atoms with E-state index in [9.17, 15) is 14.0 Å². The van der Waals surface area contributed by atoms with Gasteiger partial charge in [-0.25, -0.2) is 4.39 Å². The van der Waals surface area contributed by atoms with E-state index in [1.807, 2.05) is 0 Å². The van der Waals surface area contributed by atoms with Crippen LogP contribution in [0.15, 0.2) is 35.9 Å². The first-order valence-corrected chi connectivity index (χ1v) is 10.8. The molecule has 2 amide bonds. The van der Waals surface area contributed by atoms with Crippen molar-refractivity contribution in [2.75, 3.05) is 51.1 Å². The Morgan fingerprint density at radius 3 is 2.21 bits per heavy atom. The molecule has 0 radical (unpaired) electrons. The van der Waals surface area contributed by atoms with Crippen LogP contribution in [0.25, 0.3) is 0 Å². The number of nitrogens with one attached hydrogen (secondary N) is 4. The Balaban J connectivity index is 1.29. The molecule has 0 spiro atoms. The Bertz CT molecular complexity index is 712. The normalized spacial score (nSPS) is 21.9. The molecule has 0 saturated carbocycles. The van der Waals surface area contributed by atoms with E-state index >= 15 is 0 Å². The lowest BCUT2D eigenvalue weighted by atomic mass is 9.97. The summed E-state index contributed by atoms with van der Waals surface area (Å²) in [5.41, 5.74) is 2.10. The van der Waals surface area contributed by atoms with E-state index in [0.717, 1.165) is 39.1 Å². The van der Waals surface area contributed by atoms with Crippen LogP contribution in [0.5, 0.6) is 0 Å². The van der Waals surface area contributed by atoms with Gasteiger partial charge in [-0.3, -0.25) is 9.59 Å². The van der Waals surface area contributed by atoms with Crippen molar-refractivity contribution >= 4 is 17.5 Å². The van der Waals surface area contributed by atoms with E-state index < -0.39 is 0 Å². The van der Waals surface area contributed by atoms with Gasteiger partial charge in [-0.05, 0) is 56.4 Å². The zero-order valence-corrected chi connectivity index (χ0v) is 17.1. The van der Waals surface area contributed by atoms with Gasteiger partial charge in [0.2, 0.25) is 0 Å². The summed E-state index contributed by atoms with van der Waals surface area (Å²) in [5, 5.41) is 5.86. The maximum absolute atomic E-state index is 12.9. The van der Waals surface area contributed by atoms with Gasteiger partial charge in [0.15, 0.2) is 13.1 Å². The average molecular weight is 405 g/mol. The van der Waals surface area contributed by atoms with Crippen LogP contribution < -0.4 is 20.4 Å². The summed E-state index contributed by atoms with van der Waals surface area (Å²) in [4.78, 5) is 26.9. The van der Waals surface area contributed by atoms with Gasteiger partial charge in [0.25, 0.3) is 11.8 Å². The summed E-state index contributed by atoms with van der Waals surface area (Å²) in [6.45, 7) is 5.15. The molecule has 158 valence electrons. The molecule has 0 atom stereocenters. The highest BCUT2D eigenvalue weighted by Gasteiger charge is 2.26. The predicted octanol–water partition coefficient (Wildman–Crippen LogP) is -0.446. The summed E-state index contributed by atoms with van der Waals surface area (Å²) in [6.07, 6.45) is 8.24. The highest BCUT2D eigenvalue weighted by Crippen LogP contribution is 2.19. The van der Waals surface area contributed by atoms with Crippen LogP contribution in [0.2, 0.25) is 0 Å². The molecule has 6 nitrogen and oxygen atoms in total. The molecule has 1 fully saturated rings. The first-order valence-electron chi connectivity index (χ1n) is 10.8. The lowest BCUT2D eigenvalue weighted by Crippen LogP contribution is -3.28. The third kappa shape index (κ3) is 7.59. The van der Waals surface area contributed by atoms with E-state index in [4.69, 9.17) is 0 Å². The highest BCUT2D eigenvalue weighted by molar-refractivity contribution is 5.91. The molecule has 3 rings (SSSR count). The minimum absolute atomic E-state index is 0.0650. The molecule has 0 aromatic heterocycles. The number of hydrogen-bond donors (Lipinski definition) is 4. The van der Waals surface area contributed by atoms with Crippen molar-refractivity contribution in [3.8, 4) is 0 Å². The van der Waals surface area contributed by atoms with Crippen LogP contribution >= 0.6 is 0 Å². The lowest BCUT2D eigenvalue weighted by Gasteiger charge is -2.29. The number of rotatable bonds is 8. The second kappa shape index (κ2) is 11.1. The molecule has 1 aromatic carbocycles. The van der Waals surface area contributed by atoms with Crippen LogP contribution in [0, 0.1) is 5.82 Å². The standard InChI is InChI=1S/C22H31FN4O2/c23-19-6-8-20(9-7-19)25-22(29)17-27-14-12-26(13-15-27)16-21(28)24-11-10-18-4-2-1-3-5-18/h4,6-9H,1-3,5,10-17H2,(H,24,28)(H,25,29)/p+2. The lowest BCUT2D eigenvalue weighted by molar-refractivity contribution is -1.00. The molecule has 29 heavy (non-hydrogen) atoms. The van der Waals surface area contributed by atoms with E-state index in [0.29, 0.717) is 18.8 Å². The van der Waals surface area contributed by atoms with Gasteiger partial charge >= 0.3 is 0 Å². The fraction of sp³-hybridized carbons (Fsp3) is 0.545. The first-order chi connectivity index (χ1) is 14.1. The molecule has 1 aliphatic carbocycles. The van der Waals surface area contributed by atoms with E-state index in [1.54, 1.807) is 12.1 Å². The maximum atomic E-state index is 12.9. The molecule has 0 unspecified atom stereocenters. The molecular weight excluding hydrogens is 371 g/mol. The Morgan fingerprint density at radius 1 is 0.931 bits per heavy atom. The van der Waals surface area contributed by atoms with Crippen LogP contribution in [0.4, 0.5) is 10.1 Å². The van der Waals surface area contributed by atoms with Gasteiger partial charge in [-0.2, -0.15) is 0 Å². The van der Waals surface area contributed by atoms with Gasteiger partial charge in [0.1, 0.15) is 32.0 Å². The SMILES string of the molecule is O=C(C[NH+]1CC[NH+](CC(=O)Nc2ccc(F)cc2)CC1)NCCC1=CCCCC1. The molecule has 2 aliphatic rings. The van der Waals surface area contributed by atoms with Crippen LogP contribution in [0.1, 0.15) is 32.1 Å². The Morgan fingerprint density at radius 2 is 1.59 bits per heavy atom. The summed E-state index contributed by atoms with van der Waals surface area (Å²) in [7, 11) is 0. The summed E-state index contributed by atoms with van der Waals surface area (Å²) in [6, 6.07) is 5.80. The summed E-state index contributed by atoms with van der Waals surface area (Å²) >= 11 is 0. The minimum atomic E-state index is -0.317. The van der Waals surface area contributed by atoms with Gasteiger partial charge in [-0.15, -0.1) is 0 Å². The molecular formula is C22H33FN4O2+2. The molecule has 7 heteroatoms. The van der Waals surface area contributed by atoms with Crippen LogP contribution in [-0.4, -0.2) is 57.6 Å². The van der Waals surface area contributed by atoms with E-state index in [2.05, 4.69) is 16.7 Å². The monoisotopic (exact) mass is 404 g/mol. The number of anilines is 1. The van der Waals surface area contributed by atoms with Crippen molar-refractivity contribution in [1.82, 2.24) is 5.32 Å². The summed E-state index contributed by atoms with van der Waals surface area (Å²) < 4.78 is 12.9. The molecule has 4 N–H and O–H groups in total. The topological polar surface area (TPSA) is 67.1 Å². The van der Waals surface area contributed by atoms with Crippen molar-refractivity contribution in [2.45, 2.75) is 32.1 Å². The van der Waals surface area contributed by atoms with Crippen molar-refractivity contribution < 1.29 is 23.8 Å².